The van der Waals surface area contributed by atoms with Gasteiger partial charge in [0.1, 0.15) is 0 Å². The summed E-state index contributed by atoms with van der Waals surface area (Å²) in [6.07, 6.45) is -0.236. The van der Waals surface area contributed by atoms with Gasteiger partial charge in [-0.1, -0.05) is 17.7 Å². The van der Waals surface area contributed by atoms with E-state index in [1.807, 2.05) is 13.8 Å². The molecule has 1 aromatic carbocycles. The van der Waals surface area contributed by atoms with E-state index in [1.54, 1.807) is 19.1 Å². The molecule has 0 N–H and O–H groups in total. The largest absolute Gasteiger partial charge is 0.376 e. The lowest BCUT2D eigenvalue weighted by Crippen LogP contribution is -2.19. The molecule has 0 amide bonds. The molecule has 0 spiro atoms. The molecule has 1 unspecified atom stereocenters. The average Bonchev–Trinajstić information content (AvgIpc) is 2.28. The summed E-state index contributed by atoms with van der Waals surface area (Å²) in [5, 5.41) is 0. The molecule has 0 saturated carbocycles. The monoisotopic (exact) mass is 258 g/mol. The van der Waals surface area contributed by atoms with E-state index in [4.69, 9.17) is 8.92 Å². The lowest BCUT2D eigenvalue weighted by molar-refractivity contribution is 0.0420. The van der Waals surface area contributed by atoms with Crippen LogP contribution in [0.3, 0.4) is 0 Å². The van der Waals surface area contributed by atoms with Crippen molar-refractivity contribution in [2.75, 3.05) is 13.2 Å². The quantitative estimate of drug-likeness (QED) is 0.733. The predicted molar refractivity (Wildman–Crippen MR) is 65.4 cm³/mol. The number of aryl methyl sites for hydroxylation is 1. The molecule has 1 atom stereocenters. The molecule has 96 valence electrons. The molecule has 0 saturated heterocycles. The van der Waals surface area contributed by atoms with Crippen LogP contribution in [0.4, 0.5) is 0 Å². The summed E-state index contributed by atoms with van der Waals surface area (Å²) in [6, 6.07) is 6.55. The molecule has 4 nitrogen and oxygen atoms in total. The third-order valence-electron chi connectivity index (χ3n) is 2.22. The number of benzene rings is 1. The second-order valence-electron chi connectivity index (χ2n) is 3.82. The molecule has 0 fully saturated rings. The van der Waals surface area contributed by atoms with Crippen molar-refractivity contribution in [3.05, 3.63) is 29.8 Å². The number of hydrogen-bond acceptors (Lipinski definition) is 4. The van der Waals surface area contributed by atoms with E-state index in [9.17, 15) is 8.42 Å². The Balaban J connectivity index is 2.66. The minimum atomic E-state index is -3.67. The van der Waals surface area contributed by atoms with Crippen LogP contribution in [0, 0.1) is 6.92 Å². The highest BCUT2D eigenvalue weighted by molar-refractivity contribution is 7.86. The fourth-order valence-electron chi connectivity index (χ4n) is 1.29. The van der Waals surface area contributed by atoms with Gasteiger partial charge < -0.3 is 4.74 Å². The SMILES string of the molecule is CCOC(C)COS(=O)(=O)c1ccc(C)cc1. The third-order valence-corrected chi connectivity index (χ3v) is 3.51. The Hall–Kier alpha value is -0.910. The first-order valence-electron chi connectivity index (χ1n) is 5.53. The molecule has 17 heavy (non-hydrogen) atoms. The van der Waals surface area contributed by atoms with Crippen LogP contribution in [0.2, 0.25) is 0 Å². The Bertz CT molecular complexity index is 436. The predicted octanol–water partition coefficient (Wildman–Crippen LogP) is 2.13. The van der Waals surface area contributed by atoms with Crippen molar-refractivity contribution in [1.29, 1.82) is 0 Å². The standard InChI is InChI=1S/C12H18O4S/c1-4-15-11(3)9-16-17(13,14)12-7-5-10(2)6-8-12/h5-8,11H,4,9H2,1-3H3. The zero-order chi connectivity index (χ0) is 12.9. The molecule has 0 bridgehead atoms. The van der Waals surface area contributed by atoms with E-state index in [2.05, 4.69) is 0 Å². The Labute approximate surface area is 103 Å². The summed E-state index contributed by atoms with van der Waals surface area (Å²) in [5.74, 6) is 0. The van der Waals surface area contributed by atoms with Crippen molar-refractivity contribution in [1.82, 2.24) is 0 Å². The molecular formula is C12H18O4S. The summed E-state index contributed by atoms with van der Waals surface area (Å²) < 4.78 is 33.7. The second kappa shape index (κ2) is 6.14. The van der Waals surface area contributed by atoms with E-state index >= 15 is 0 Å². The molecule has 0 heterocycles. The molecule has 5 heteroatoms. The van der Waals surface area contributed by atoms with Gasteiger partial charge in [-0.15, -0.1) is 0 Å². The van der Waals surface area contributed by atoms with Gasteiger partial charge in [0.2, 0.25) is 0 Å². The minimum Gasteiger partial charge on any atom is -0.376 e. The van der Waals surface area contributed by atoms with Gasteiger partial charge in [0, 0.05) is 6.61 Å². The molecule has 0 aliphatic rings. The van der Waals surface area contributed by atoms with Crippen LogP contribution < -0.4 is 0 Å². The fourth-order valence-corrected chi connectivity index (χ4v) is 2.27. The number of hydrogen-bond donors (Lipinski definition) is 0. The van der Waals surface area contributed by atoms with Gasteiger partial charge in [0.25, 0.3) is 10.1 Å². The molecule has 1 rings (SSSR count). The Morgan fingerprint density at radius 1 is 1.24 bits per heavy atom. The number of ether oxygens (including phenoxy) is 1. The molecule has 0 aromatic heterocycles. The third kappa shape index (κ3) is 4.46. The van der Waals surface area contributed by atoms with E-state index in [-0.39, 0.29) is 17.6 Å². The molecule has 1 aromatic rings. The average molecular weight is 258 g/mol. The highest BCUT2D eigenvalue weighted by Crippen LogP contribution is 2.13. The van der Waals surface area contributed by atoms with Crippen LogP contribution in [-0.4, -0.2) is 27.7 Å². The second-order valence-corrected chi connectivity index (χ2v) is 5.43. The minimum absolute atomic E-state index is 0.0318. The van der Waals surface area contributed by atoms with Crippen LogP contribution in [0.5, 0.6) is 0 Å². The van der Waals surface area contributed by atoms with Gasteiger partial charge in [0.15, 0.2) is 0 Å². The first-order valence-corrected chi connectivity index (χ1v) is 6.94. The van der Waals surface area contributed by atoms with Crippen molar-refractivity contribution in [2.45, 2.75) is 31.8 Å². The van der Waals surface area contributed by atoms with Crippen LogP contribution in [0.15, 0.2) is 29.2 Å². The van der Waals surface area contributed by atoms with Crippen LogP contribution in [0.25, 0.3) is 0 Å². The summed E-state index contributed by atoms with van der Waals surface area (Å²) in [6.45, 7) is 6.09. The van der Waals surface area contributed by atoms with Crippen LogP contribution in [-0.2, 0) is 19.0 Å². The van der Waals surface area contributed by atoms with E-state index < -0.39 is 10.1 Å². The smallest absolute Gasteiger partial charge is 0.297 e. The van der Waals surface area contributed by atoms with Gasteiger partial charge in [-0.25, -0.2) is 0 Å². The summed E-state index contributed by atoms with van der Waals surface area (Å²) in [5.41, 5.74) is 1.01. The van der Waals surface area contributed by atoms with Gasteiger partial charge in [-0.05, 0) is 32.9 Å². The molecule has 0 aliphatic carbocycles. The van der Waals surface area contributed by atoms with Crippen molar-refractivity contribution in [3.63, 3.8) is 0 Å². The first kappa shape index (κ1) is 14.2. The highest BCUT2D eigenvalue weighted by atomic mass is 32.2. The van der Waals surface area contributed by atoms with Gasteiger partial charge >= 0.3 is 0 Å². The normalized spacial score (nSPS) is 13.6. The van der Waals surface area contributed by atoms with Crippen LogP contribution >= 0.6 is 0 Å². The van der Waals surface area contributed by atoms with Gasteiger partial charge in [0.05, 0.1) is 17.6 Å². The first-order chi connectivity index (χ1) is 7.95. The summed E-state index contributed by atoms with van der Waals surface area (Å²) >= 11 is 0. The van der Waals surface area contributed by atoms with Gasteiger partial charge in [-0.2, -0.15) is 8.42 Å². The van der Waals surface area contributed by atoms with E-state index in [0.29, 0.717) is 6.61 Å². The molecule has 0 radical (unpaired) electrons. The Kier molecular flexibility index (Phi) is 5.11. The van der Waals surface area contributed by atoms with Crippen molar-refractivity contribution < 1.29 is 17.3 Å². The lowest BCUT2D eigenvalue weighted by atomic mass is 10.2. The number of rotatable bonds is 6. The maximum Gasteiger partial charge on any atom is 0.297 e. The molecule has 0 aliphatic heterocycles. The zero-order valence-corrected chi connectivity index (χ0v) is 11.2. The topological polar surface area (TPSA) is 52.6 Å². The molecular weight excluding hydrogens is 240 g/mol. The van der Waals surface area contributed by atoms with Gasteiger partial charge in [-0.3, -0.25) is 4.18 Å². The fraction of sp³-hybridized carbons (Fsp3) is 0.500. The summed E-state index contributed by atoms with van der Waals surface area (Å²) in [7, 11) is -3.67. The Morgan fingerprint density at radius 2 is 1.82 bits per heavy atom. The maximum atomic E-state index is 11.8. The maximum absolute atomic E-state index is 11.8. The van der Waals surface area contributed by atoms with Crippen LogP contribution in [0.1, 0.15) is 19.4 Å². The highest BCUT2D eigenvalue weighted by Gasteiger charge is 2.16. The van der Waals surface area contributed by atoms with E-state index in [1.165, 1.54) is 12.1 Å². The Morgan fingerprint density at radius 3 is 2.35 bits per heavy atom. The zero-order valence-electron chi connectivity index (χ0n) is 10.3. The van der Waals surface area contributed by atoms with E-state index in [0.717, 1.165) is 5.56 Å². The summed E-state index contributed by atoms with van der Waals surface area (Å²) in [4.78, 5) is 0.173. The van der Waals surface area contributed by atoms with Crippen molar-refractivity contribution >= 4 is 10.1 Å². The van der Waals surface area contributed by atoms with Crippen molar-refractivity contribution in [3.8, 4) is 0 Å². The van der Waals surface area contributed by atoms with Crippen molar-refractivity contribution in [2.24, 2.45) is 0 Å². The lowest BCUT2D eigenvalue weighted by Gasteiger charge is -2.12.